The van der Waals surface area contributed by atoms with E-state index in [4.69, 9.17) is 16.3 Å². The first-order valence-electron chi connectivity index (χ1n) is 8.87. The summed E-state index contributed by atoms with van der Waals surface area (Å²) >= 11 is 7.25. The average Bonchev–Trinajstić information content (AvgIpc) is 3.17. The Balaban J connectivity index is 1.46. The SMILES string of the molecule is O=C(Nc1nnc(Cc2ccc(Cl)cc2)s1)c1ccccc1Oc1ccccc1. The monoisotopic (exact) mass is 421 g/mol. The second-order valence-electron chi connectivity index (χ2n) is 6.17. The van der Waals surface area contributed by atoms with E-state index in [1.54, 1.807) is 18.2 Å². The standard InChI is InChI=1S/C22H16ClN3O2S/c23-16-12-10-15(11-13-16)14-20-25-26-22(29-20)24-21(27)18-8-4-5-9-19(18)28-17-6-2-1-3-7-17/h1-13H,14H2,(H,24,26,27). The highest BCUT2D eigenvalue weighted by molar-refractivity contribution is 7.15. The largest absolute Gasteiger partial charge is 0.457 e. The number of ether oxygens (including phenoxy) is 1. The Morgan fingerprint density at radius 1 is 0.931 bits per heavy atom. The predicted octanol–water partition coefficient (Wildman–Crippen LogP) is 5.83. The van der Waals surface area contributed by atoms with Gasteiger partial charge in [0.1, 0.15) is 16.5 Å². The van der Waals surface area contributed by atoms with Crippen molar-refractivity contribution in [3.05, 3.63) is 100 Å². The minimum atomic E-state index is -0.300. The molecule has 0 radical (unpaired) electrons. The summed E-state index contributed by atoms with van der Waals surface area (Å²) in [4.78, 5) is 12.8. The molecule has 3 aromatic carbocycles. The fourth-order valence-corrected chi connectivity index (χ4v) is 3.57. The number of nitrogens with one attached hydrogen (secondary N) is 1. The third-order valence-corrected chi connectivity index (χ3v) is 5.15. The van der Waals surface area contributed by atoms with Gasteiger partial charge < -0.3 is 4.74 Å². The van der Waals surface area contributed by atoms with E-state index in [0.717, 1.165) is 10.6 Å². The molecule has 7 heteroatoms. The molecule has 0 atom stereocenters. The van der Waals surface area contributed by atoms with E-state index >= 15 is 0 Å². The zero-order valence-electron chi connectivity index (χ0n) is 15.2. The van der Waals surface area contributed by atoms with Crippen molar-refractivity contribution in [1.29, 1.82) is 0 Å². The summed E-state index contributed by atoms with van der Waals surface area (Å²) in [5, 5.41) is 13.0. The molecule has 0 fully saturated rings. The first-order chi connectivity index (χ1) is 14.2. The smallest absolute Gasteiger partial charge is 0.261 e. The van der Waals surface area contributed by atoms with Gasteiger partial charge in [-0.3, -0.25) is 10.1 Å². The molecule has 0 saturated carbocycles. The molecule has 4 aromatic rings. The van der Waals surface area contributed by atoms with Crippen LogP contribution in [0.4, 0.5) is 5.13 Å². The number of benzene rings is 3. The molecule has 1 aromatic heterocycles. The Morgan fingerprint density at radius 3 is 2.45 bits per heavy atom. The van der Waals surface area contributed by atoms with E-state index in [0.29, 0.717) is 33.6 Å². The van der Waals surface area contributed by atoms with Crippen LogP contribution in [0, 0.1) is 0 Å². The molecule has 0 spiro atoms. The summed E-state index contributed by atoms with van der Waals surface area (Å²) in [5.41, 5.74) is 1.50. The van der Waals surface area contributed by atoms with E-state index in [-0.39, 0.29) is 5.91 Å². The molecule has 1 amide bonds. The van der Waals surface area contributed by atoms with Gasteiger partial charge in [-0.15, -0.1) is 10.2 Å². The van der Waals surface area contributed by atoms with E-state index < -0.39 is 0 Å². The van der Waals surface area contributed by atoms with Crippen molar-refractivity contribution in [2.45, 2.75) is 6.42 Å². The summed E-state index contributed by atoms with van der Waals surface area (Å²) < 4.78 is 5.86. The number of amides is 1. The minimum absolute atomic E-state index is 0.300. The van der Waals surface area contributed by atoms with Gasteiger partial charge in [-0.05, 0) is 42.0 Å². The summed E-state index contributed by atoms with van der Waals surface area (Å²) in [7, 11) is 0. The third kappa shape index (κ3) is 4.99. The highest BCUT2D eigenvalue weighted by atomic mass is 35.5. The molecule has 0 unspecified atom stereocenters. The number of rotatable bonds is 6. The van der Waals surface area contributed by atoms with Crippen LogP contribution in [-0.2, 0) is 6.42 Å². The molecule has 1 N–H and O–H groups in total. The first-order valence-corrected chi connectivity index (χ1v) is 10.1. The molecule has 0 aliphatic heterocycles. The normalized spacial score (nSPS) is 10.5. The number of carbonyl (C=O) groups is 1. The van der Waals surface area contributed by atoms with Crippen LogP contribution in [-0.4, -0.2) is 16.1 Å². The van der Waals surface area contributed by atoms with Gasteiger partial charge in [-0.25, -0.2) is 0 Å². The molecule has 0 saturated heterocycles. The summed E-state index contributed by atoms with van der Waals surface area (Å²) in [6.07, 6.45) is 0.623. The number of anilines is 1. The molecule has 0 aliphatic rings. The molecule has 0 aliphatic carbocycles. The van der Waals surface area contributed by atoms with Gasteiger partial charge in [-0.2, -0.15) is 0 Å². The van der Waals surface area contributed by atoms with Gasteiger partial charge in [0.2, 0.25) is 5.13 Å². The maximum Gasteiger partial charge on any atom is 0.261 e. The lowest BCUT2D eigenvalue weighted by atomic mass is 10.2. The Bertz CT molecular complexity index is 1110. The lowest BCUT2D eigenvalue weighted by Gasteiger charge is -2.10. The van der Waals surface area contributed by atoms with Crippen LogP contribution in [0.5, 0.6) is 11.5 Å². The molecular weight excluding hydrogens is 406 g/mol. The van der Waals surface area contributed by atoms with Crippen molar-refractivity contribution in [3.63, 3.8) is 0 Å². The maximum absolute atomic E-state index is 12.8. The third-order valence-electron chi connectivity index (χ3n) is 4.06. The molecule has 0 bridgehead atoms. The van der Waals surface area contributed by atoms with Gasteiger partial charge in [0.05, 0.1) is 5.56 Å². The number of hydrogen-bond acceptors (Lipinski definition) is 5. The molecule has 29 heavy (non-hydrogen) atoms. The number of carbonyl (C=O) groups excluding carboxylic acids is 1. The Morgan fingerprint density at radius 2 is 1.66 bits per heavy atom. The Labute approximate surface area is 177 Å². The second-order valence-corrected chi connectivity index (χ2v) is 7.67. The van der Waals surface area contributed by atoms with Crippen molar-refractivity contribution in [1.82, 2.24) is 10.2 Å². The maximum atomic E-state index is 12.8. The summed E-state index contributed by atoms with van der Waals surface area (Å²) in [5.74, 6) is 0.835. The zero-order chi connectivity index (χ0) is 20.1. The van der Waals surface area contributed by atoms with E-state index in [2.05, 4.69) is 15.5 Å². The predicted molar refractivity (Wildman–Crippen MR) is 115 cm³/mol. The second kappa shape index (κ2) is 8.86. The van der Waals surface area contributed by atoms with Gasteiger partial charge >= 0.3 is 0 Å². The summed E-state index contributed by atoms with van der Waals surface area (Å²) in [6, 6.07) is 24.0. The Kier molecular flexibility index (Phi) is 5.84. The quantitative estimate of drug-likeness (QED) is 0.425. The Hall–Kier alpha value is -3.22. The van der Waals surface area contributed by atoms with Crippen LogP contribution < -0.4 is 10.1 Å². The van der Waals surface area contributed by atoms with Crippen LogP contribution in [0.15, 0.2) is 78.9 Å². The van der Waals surface area contributed by atoms with Crippen molar-refractivity contribution in [2.75, 3.05) is 5.32 Å². The first kappa shape index (κ1) is 19.1. The topological polar surface area (TPSA) is 64.1 Å². The van der Waals surface area contributed by atoms with Crippen molar-refractivity contribution in [2.24, 2.45) is 0 Å². The molecule has 4 rings (SSSR count). The lowest BCUT2D eigenvalue weighted by Crippen LogP contribution is -2.12. The number of para-hydroxylation sites is 2. The molecular formula is C22H16ClN3O2S. The van der Waals surface area contributed by atoms with Crippen molar-refractivity contribution >= 4 is 34.0 Å². The number of halogens is 1. The molecule has 5 nitrogen and oxygen atoms in total. The van der Waals surface area contributed by atoms with Crippen LogP contribution in [0.3, 0.4) is 0 Å². The van der Waals surface area contributed by atoms with Gasteiger partial charge in [0.15, 0.2) is 0 Å². The fourth-order valence-electron chi connectivity index (χ4n) is 2.68. The van der Waals surface area contributed by atoms with Crippen molar-refractivity contribution < 1.29 is 9.53 Å². The van der Waals surface area contributed by atoms with E-state index in [1.165, 1.54) is 11.3 Å². The molecule has 144 valence electrons. The fraction of sp³-hybridized carbons (Fsp3) is 0.0455. The number of nitrogens with zero attached hydrogens (tertiary/aromatic N) is 2. The minimum Gasteiger partial charge on any atom is -0.457 e. The summed E-state index contributed by atoms with van der Waals surface area (Å²) in [6.45, 7) is 0. The number of aromatic nitrogens is 2. The van der Waals surface area contributed by atoms with Crippen LogP contribution in [0.2, 0.25) is 5.02 Å². The van der Waals surface area contributed by atoms with Gasteiger partial charge in [-0.1, -0.05) is 65.4 Å². The highest BCUT2D eigenvalue weighted by Gasteiger charge is 2.15. The van der Waals surface area contributed by atoms with Crippen LogP contribution in [0.25, 0.3) is 0 Å². The van der Waals surface area contributed by atoms with Crippen LogP contribution in [0.1, 0.15) is 20.9 Å². The number of hydrogen-bond donors (Lipinski definition) is 1. The van der Waals surface area contributed by atoms with Crippen LogP contribution >= 0.6 is 22.9 Å². The zero-order valence-corrected chi connectivity index (χ0v) is 16.8. The highest BCUT2D eigenvalue weighted by Crippen LogP contribution is 2.26. The van der Waals surface area contributed by atoms with Gasteiger partial charge in [0.25, 0.3) is 5.91 Å². The average molecular weight is 422 g/mol. The van der Waals surface area contributed by atoms with E-state index in [1.807, 2.05) is 60.7 Å². The van der Waals surface area contributed by atoms with Crippen molar-refractivity contribution in [3.8, 4) is 11.5 Å². The van der Waals surface area contributed by atoms with Gasteiger partial charge in [0, 0.05) is 11.4 Å². The molecule has 1 heterocycles. The van der Waals surface area contributed by atoms with E-state index in [9.17, 15) is 4.79 Å². The lowest BCUT2D eigenvalue weighted by molar-refractivity contribution is 0.102.